The van der Waals surface area contributed by atoms with Crippen LogP contribution in [0.2, 0.25) is 10.0 Å². The molecular formula is C15H9Cl2N5O. The van der Waals surface area contributed by atoms with Crippen molar-refractivity contribution in [2.45, 2.75) is 0 Å². The van der Waals surface area contributed by atoms with Crippen LogP contribution in [0.3, 0.4) is 0 Å². The predicted octanol–water partition coefficient (Wildman–Crippen LogP) is 3.49. The fraction of sp³-hybridized carbons (Fsp3) is 0. The van der Waals surface area contributed by atoms with Gasteiger partial charge >= 0.3 is 0 Å². The summed E-state index contributed by atoms with van der Waals surface area (Å²) in [6.45, 7) is 0. The van der Waals surface area contributed by atoms with Crippen molar-refractivity contribution in [3.63, 3.8) is 0 Å². The quantitative estimate of drug-likeness (QED) is 0.785. The molecule has 23 heavy (non-hydrogen) atoms. The number of carbonyl (C=O) groups is 1. The average Bonchev–Trinajstić information content (AvgIpc) is 2.55. The van der Waals surface area contributed by atoms with Crippen molar-refractivity contribution in [2.75, 3.05) is 5.32 Å². The van der Waals surface area contributed by atoms with E-state index in [9.17, 15) is 4.79 Å². The minimum atomic E-state index is -0.392. The molecule has 6 nitrogen and oxygen atoms in total. The van der Waals surface area contributed by atoms with Gasteiger partial charge in [-0.3, -0.25) is 4.79 Å². The van der Waals surface area contributed by atoms with Crippen LogP contribution in [0.5, 0.6) is 0 Å². The van der Waals surface area contributed by atoms with Gasteiger partial charge < -0.3 is 5.32 Å². The van der Waals surface area contributed by atoms with E-state index in [1.165, 1.54) is 25.0 Å². The van der Waals surface area contributed by atoms with Crippen LogP contribution in [0.25, 0.3) is 11.3 Å². The fourth-order valence-corrected chi connectivity index (χ4v) is 2.43. The molecule has 1 aromatic carbocycles. The Labute approximate surface area is 141 Å². The SMILES string of the molecule is O=C(Nc1cncnc1)c1cc(-c2cc(Cl)cc(Cl)c2)ncn1. The first-order chi connectivity index (χ1) is 11.1. The molecular weight excluding hydrogens is 337 g/mol. The topological polar surface area (TPSA) is 80.7 Å². The first-order valence-electron chi connectivity index (χ1n) is 6.47. The number of nitrogens with zero attached hydrogens (tertiary/aromatic N) is 4. The van der Waals surface area contributed by atoms with Gasteiger partial charge in [-0.2, -0.15) is 0 Å². The molecule has 0 fully saturated rings. The van der Waals surface area contributed by atoms with Gasteiger partial charge in [0.1, 0.15) is 18.3 Å². The maximum absolute atomic E-state index is 12.2. The Morgan fingerprint density at radius 1 is 0.913 bits per heavy atom. The number of halogens is 2. The summed E-state index contributed by atoms with van der Waals surface area (Å²) >= 11 is 12.0. The Hall–Kier alpha value is -2.57. The molecule has 0 saturated heterocycles. The third-order valence-corrected chi connectivity index (χ3v) is 3.31. The molecule has 0 unspecified atom stereocenters. The van der Waals surface area contributed by atoms with Crippen LogP contribution < -0.4 is 5.32 Å². The summed E-state index contributed by atoms with van der Waals surface area (Å²) in [5.74, 6) is -0.392. The average molecular weight is 346 g/mol. The number of amides is 1. The molecule has 0 saturated carbocycles. The van der Waals surface area contributed by atoms with Crippen molar-refractivity contribution in [1.82, 2.24) is 19.9 Å². The summed E-state index contributed by atoms with van der Waals surface area (Å²) in [5, 5.41) is 3.62. The zero-order valence-corrected chi connectivity index (χ0v) is 13.1. The zero-order valence-electron chi connectivity index (χ0n) is 11.6. The van der Waals surface area contributed by atoms with Crippen molar-refractivity contribution in [3.05, 3.63) is 65.1 Å². The Bertz CT molecular complexity index is 837. The van der Waals surface area contributed by atoms with E-state index in [0.717, 1.165) is 0 Å². The molecule has 1 amide bonds. The molecule has 114 valence electrons. The normalized spacial score (nSPS) is 10.3. The van der Waals surface area contributed by atoms with Crippen LogP contribution in [-0.4, -0.2) is 25.8 Å². The van der Waals surface area contributed by atoms with Gasteiger partial charge in [-0.25, -0.2) is 19.9 Å². The molecule has 0 aliphatic carbocycles. The second-order valence-electron chi connectivity index (χ2n) is 4.53. The van der Waals surface area contributed by atoms with Crippen LogP contribution in [-0.2, 0) is 0 Å². The molecule has 0 bridgehead atoms. The maximum atomic E-state index is 12.2. The summed E-state index contributed by atoms with van der Waals surface area (Å²) in [6, 6.07) is 6.60. The van der Waals surface area contributed by atoms with Crippen molar-refractivity contribution >= 4 is 34.8 Å². The molecule has 0 atom stereocenters. The highest BCUT2D eigenvalue weighted by Crippen LogP contribution is 2.26. The van der Waals surface area contributed by atoms with Gasteiger partial charge in [-0.05, 0) is 24.3 Å². The summed E-state index contributed by atoms with van der Waals surface area (Å²) in [6.07, 6.45) is 5.66. The number of benzene rings is 1. The lowest BCUT2D eigenvalue weighted by molar-refractivity contribution is 0.102. The van der Waals surface area contributed by atoms with Crippen molar-refractivity contribution in [1.29, 1.82) is 0 Å². The van der Waals surface area contributed by atoms with E-state index < -0.39 is 5.91 Å². The highest BCUT2D eigenvalue weighted by Gasteiger charge is 2.11. The molecule has 0 aliphatic rings. The van der Waals surface area contributed by atoms with E-state index >= 15 is 0 Å². The van der Waals surface area contributed by atoms with Crippen LogP contribution in [0.4, 0.5) is 5.69 Å². The van der Waals surface area contributed by atoms with Crippen molar-refractivity contribution in [3.8, 4) is 11.3 Å². The summed E-state index contributed by atoms with van der Waals surface area (Å²) in [5.41, 5.74) is 1.92. The number of anilines is 1. The fourth-order valence-electron chi connectivity index (χ4n) is 1.90. The summed E-state index contributed by atoms with van der Waals surface area (Å²) < 4.78 is 0. The second-order valence-corrected chi connectivity index (χ2v) is 5.40. The number of hydrogen-bond acceptors (Lipinski definition) is 5. The molecule has 3 rings (SSSR count). The molecule has 0 aliphatic heterocycles. The molecule has 3 aromatic rings. The van der Waals surface area contributed by atoms with Crippen LogP contribution in [0.1, 0.15) is 10.5 Å². The molecule has 0 spiro atoms. The maximum Gasteiger partial charge on any atom is 0.274 e. The van der Waals surface area contributed by atoms with Gasteiger partial charge in [0.15, 0.2) is 0 Å². The first kappa shape index (κ1) is 15.3. The van der Waals surface area contributed by atoms with E-state index in [1.807, 2.05) is 0 Å². The molecule has 0 radical (unpaired) electrons. The number of rotatable bonds is 3. The lowest BCUT2D eigenvalue weighted by Gasteiger charge is -2.06. The van der Waals surface area contributed by atoms with E-state index in [1.54, 1.807) is 24.3 Å². The summed E-state index contributed by atoms with van der Waals surface area (Å²) in [4.78, 5) is 28.0. The largest absolute Gasteiger partial charge is 0.318 e. The lowest BCUT2D eigenvalue weighted by atomic mass is 10.1. The number of aromatic nitrogens is 4. The van der Waals surface area contributed by atoms with Crippen LogP contribution in [0, 0.1) is 0 Å². The Kier molecular flexibility index (Phi) is 4.45. The zero-order chi connectivity index (χ0) is 16.2. The van der Waals surface area contributed by atoms with Gasteiger partial charge in [-0.1, -0.05) is 23.2 Å². The van der Waals surface area contributed by atoms with Crippen LogP contribution >= 0.6 is 23.2 Å². The van der Waals surface area contributed by atoms with Gasteiger partial charge in [-0.15, -0.1) is 0 Å². The van der Waals surface area contributed by atoms with Gasteiger partial charge in [0, 0.05) is 15.6 Å². The smallest absolute Gasteiger partial charge is 0.274 e. The van der Waals surface area contributed by atoms with Crippen molar-refractivity contribution in [2.24, 2.45) is 0 Å². The first-order valence-corrected chi connectivity index (χ1v) is 7.22. The van der Waals surface area contributed by atoms with Crippen molar-refractivity contribution < 1.29 is 4.79 Å². The molecule has 8 heteroatoms. The predicted molar refractivity (Wildman–Crippen MR) is 87.5 cm³/mol. The number of carbonyl (C=O) groups excluding carboxylic acids is 1. The molecule has 2 aromatic heterocycles. The van der Waals surface area contributed by atoms with Crippen LogP contribution in [0.15, 0.2) is 49.3 Å². The molecule has 1 N–H and O–H groups in total. The second kappa shape index (κ2) is 6.68. The minimum absolute atomic E-state index is 0.204. The highest BCUT2D eigenvalue weighted by atomic mass is 35.5. The third-order valence-electron chi connectivity index (χ3n) is 2.88. The number of nitrogens with one attached hydrogen (secondary N) is 1. The summed E-state index contributed by atoms with van der Waals surface area (Å²) in [7, 11) is 0. The lowest BCUT2D eigenvalue weighted by Crippen LogP contribution is -2.14. The molecule has 2 heterocycles. The Morgan fingerprint density at radius 3 is 2.30 bits per heavy atom. The van der Waals surface area contributed by atoms with Gasteiger partial charge in [0.05, 0.1) is 23.8 Å². The third kappa shape index (κ3) is 3.80. The van der Waals surface area contributed by atoms with Gasteiger partial charge in [0.25, 0.3) is 5.91 Å². The highest BCUT2D eigenvalue weighted by molar-refractivity contribution is 6.35. The Balaban J connectivity index is 1.89. The van der Waals surface area contributed by atoms with E-state index in [0.29, 0.717) is 27.0 Å². The minimum Gasteiger partial charge on any atom is -0.318 e. The van der Waals surface area contributed by atoms with E-state index in [-0.39, 0.29) is 5.69 Å². The van der Waals surface area contributed by atoms with E-state index in [2.05, 4.69) is 25.3 Å². The monoisotopic (exact) mass is 345 g/mol. The van der Waals surface area contributed by atoms with Gasteiger partial charge in [0.2, 0.25) is 0 Å². The van der Waals surface area contributed by atoms with E-state index in [4.69, 9.17) is 23.2 Å². The Morgan fingerprint density at radius 2 is 1.61 bits per heavy atom. The standard InChI is InChI=1S/C15H9Cl2N5O/c16-10-1-9(2-11(17)3-10)13-4-14(21-8-20-13)15(23)22-12-5-18-7-19-6-12/h1-8H,(H,22,23). The number of hydrogen-bond donors (Lipinski definition) is 1.